The number of aliphatic hydroxyl groups excluding tert-OH is 1. The van der Waals surface area contributed by atoms with Gasteiger partial charge < -0.3 is 10.4 Å². The fraction of sp³-hybridized carbons (Fsp3) is 0.600. The highest BCUT2D eigenvalue weighted by Gasteiger charge is 2.09. The maximum atomic E-state index is 9.47. The summed E-state index contributed by atoms with van der Waals surface area (Å²) in [6, 6.07) is 8.58. The van der Waals surface area contributed by atoms with Crippen LogP contribution in [0.3, 0.4) is 0 Å². The summed E-state index contributed by atoms with van der Waals surface area (Å²) in [6.07, 6.45) is -0.276. The molecule has 0 aliphatic rings. The van der Waals surface area contributed by atoms with Gasteiger partial charge >= 0.3 is 0 Å². The van der Waals surface area contributed by atoms with Gasteiger partial charge in [0.05, 0.1) is 6.10 Å². The first kappa shape index (κ1) is 15.5. The minimum absolute atomic E-state index is 0.231. The molecule has 0 aliphatic heterocycles. The Morgan fingerprint density at radius 3 is 2.22 bits per heavy atom. The van der Waals surface area contributed by atoms with Gasteiger partial charge in [-0.1, -0.05) is 32.9 Å². The van der Waals surface area contributed by atoms with Gasteiger partial charge in [-0.05, 0) is 37.1 Å². The zero-order valence-electron chi connectivity index (χ0n) is 11.8. The van der Waals surface area contributed by atoms with Crippen molar-refractivity contribution in [3.05, 3.63) is 29.8 Å². The van der Waals surface area contributed by atoms with E-state index in [0.717, 1.165) is 13.1 Å². The van der Waals surface area contributed by atoms with Crippen molar-refractivity contribution >= 4 is 11.8 Å². The smallest absolute Gasteiger partial charge is 0.0631 e. The van der Waals surface area contributed by atoms with Gasteiger partial charge in [-0.25, -0.2) is 0 Å². The molecular weight excluding hydrogens is 242 g/mol. The van der Waals surface area contributed by atoms with Crippen LogP contribution in [-0.2, 0) is 6.54 Å². The summed E-state index contributed by atoms with van der Waals surface area (Å²) < 4.78 is 0. The van der Waals surface area contributed by atoms with E-state index in [9.17, 15) is 5.11 Å². The molecule has 0 saturated heterocycles. The summed E-state index contributed by atoms with van der Waals surface area (Å²) in [7, 11) is 0. The lowest BCUT2D eigenvalue weighted by Gasteiger charge is -2.14. The van der Waals surface area contributed by atoms with Crippen molar-refractivity contribution in [2.45, 2.75) is 50.5 Å². The Kier molecular flexibility index (Phi) is 6.76. The third kappa shape index (κ3) is 5.89. The SMILES string of the molecule is CC(C)CNCc1ccc(SC(C)C(C)O)cc1. The number of benzene rings is 1. The lowest BCUT2D eigenvalue weighted by molar-refractivity contribution is 0.196. The number of hydrogen-bond donors (Lipinski definition) is 2. The van der Waals surface area contributed by atoms with E-state index >= 15 is 0 Å². The maximum absolute atomic E-state index is 9.47. The van der Waals surface area contributed by atoms with Gasteiger partial charge in [-0.3, -0.25) is 0 Å². The molecule has 18 heavy (non-hydrogen) atoms. The molecule has 0 amide bonds. The van der Waals surface area contributed by atoms with Crippen LogP contribution in [0.2, 0.25) is 0 Å². The van der Waals surface area contributed by atoms with E-state index in [4.69, 9.17) is 0 Å². The van der Waals surface area contributed by atoms with Crippen LogP contribution in [0.25, 0.3) is 0 Å². The van der Waals surface area contributed by atoms with Crippen LogP contribution >= 0.6 is 11.8 Å². The highest BCUT2D eigenvalue weighted by atomic mass is 32.2. The van der Waals surface area contributed by atoms with Crippen molar-refractivity contribution in [2.75, 3.05) is 6.54 Å². The number of thioether (sulfide) groups is 1. The molecule has 0 bridgehead atoms. The zero-order valence-corrected chi connectivity index (χ0v) is 12.6. The van der Waals surface area contributed by atoms with Gasteiger partial charge in [0.2, 0.25) is 0 Å². The van der Waals surface area contributed by atoms with E-state index in [1.165, 1.54) is 10.5 Å². The Hall–Kier alpha value is -0.510. The Morgan fingerprint density at radius 2 is 1.72 bits per heavy atom. The minimum atomic E-state index is -0.276. The molecule has 0 aliphatic carbocycles. The third-order valence-corrected chi connectivity index (χ3v) is 4.12. The molecule has 1 rings (SSSR count). The van der Waals surface area contributed by atoms with Crippen molar-refractivity contribution < 1.29 is 5.11 Å². The highest BCUT2D eigenvalue weighted by Crippen LogP contribution is 2.25. The normalized spacial score (nSPS) is 14.8. The van der Waals surface area contributed by atoms with Gasteiger partial charge in [0, 0.05) is 16.7 Å². The van der Waals surface area contributed by atoms with E-state index in [-0.39, 0.29) is 11.4 Å². The summed E-state index contributed by atoms with van der Waals surface area (Å²) >= 11 is 1.72. The van der Waals surface area contributed by atoms with Crippen molar-refractivity contribution in [1.82, 2.24) is 5.32 Å². The maximum Gasteiger partial charge on any atom is 0.0631 e. The molecule has 0 saturated carbocycles. The second-order valence-corrected chi connectivity index (χ2v) is 6.68. The van der Waals surface area contributed by atoms with Crippen LogP contribution in [0.5, 0.6) is 0 Å². The molecule has 0 aromatic heterocycles. The van der Waals surface area contributed by atoms with Crippen molar-refractivity contribution in [1.29, 1.82) is 0 Å². The molecule has 2 atom stereocenters. The molecule has 0 spiro atoms. The molecule has 0 fully saturated rings. The summed E-state index contributed by atoms with van der Waals surface area (Å²) in [5.41, 5.74) is 1.31. The molecule has 3 heteroatoms. The van der Waals surface area contributed by atoms with Gasteiger partial charge in [0.25, 0.3) is 0 Å². The average molecular weight is 267 g/mol. The van der Waals surface area contributed by atoms with E-state index in [0.29, 0.717) is 5.92 Å². The predicted molar refractivity (Wildman–Crippen MR) is 80.0 cm³/mol. The van der Waals surface area contributed by atoms with Gasteiger partial charge in [0.15, 0.2) is 0 Å². The largest absolute Gasteiger partial charge is 0.392 e. The fourth-order valence-electron chi connectivity index (χ4n) is 1.50. The quantitative estimate of drug-likeness (QED) is 0.744. The molecule has 102 valence electrons. The topological polar surface area (TPSA) is 32.3 Å². The first-order valence-corrected chi connectivity index (χ1v) is 7.51. The number of hydrogen-bond acceptors (Lipinski definition) is 3. The van der Waals surface area contributed by atoms with E-state index in [1.807, 2.05) is 13.8 Å². The third-order valence-electron chi connectivity index (χ3n) is 2.81. The van der Waals surface area contributed by atoms with Gasteiger partial charge in [0.1, 0.15) is 0 Å². The van der Waals surface area contributed by atoms with Crippen LogP contribution in [0, 0.1) is 5.92 Å². The zero-order chi connectivity index (χ0) is 13.5. The van der Waals surface area contributed by atoms with Gasteiger partial charge in [-0.15, -0.1) is 11.8 Å². The summed E-state index contributed by atoms with van der Waals surface area (Å²) in [5, 5.41) is 13.1. The molecule has 2 nitrogen and oxygen atoms in total. The number of nitrogens with one attached hydrogen (secondary N) is 1. The fourth-order valence-corrected chi connectivity index (χ4v) is 2.42. The molecule has 2 N–H and O–H groups in total. The second kappa shape index (κ2) is 7.82. The summed E-state index contributed by atoms with van der Waals surface area (Å²) in [4.78, 5) is 1.22. The van der Waals surface area contributed by atoms with Crippen molar-refractivity contribution in [2.24, 2.45) is 5.92 Å². The first-order chi connectivity index (χ1) is 8.49. The molecule has 2 unspecified atom stereocenters. The van der Waals surface area contributed by atoms with Crippen LogP contribution in [-0.4, -0.2) is 23.0 Å². The lowest BCUT2D eigenvalue weighted by atomic mass is 10.2. The molecular formula is C15H25NOS. The Bertz CT molecular complexity index is 335. The standard InChI is InChI=1S/C15H25NOS/c1-11(2)9-16-10-14-5-7-15(8-6-14)18-13(4)12(3)17/h5-8,11-13,16-17H,9-10H2,1-4H3. The Morgan fingerprint density at radius 1 is 1.11 bits per heavy atom. The Labute approximate surface area is 115 Å². The van der Waals surface area contributed by atoms with E-state index < -0.39 is 0 Å². The average Bonchev–Trinajstić information content (AvgIpc) is 2.30. The molecule has 1 aromatic carbocycles. The van der Waals surface area contributed by atoms with Crippen LogP contribution in [0.1, 0.15) is 33.3 Å². The molecule has 0 radical (unpaired) electrons. The summed E-state index contributed by atoms with van der Waals surface area (Å²) in [6.45, 7) is 10.3. The monoisotopic (exact) mass is 267 g/mol. The van der Waals surface area contributed by atoms with Gasteiger partial charge in [-0.2, -0.15) is 0 Å². The van der Waals surface area contributed by atoms with Crippen LogP contribution in [0.4, 0.5) is 0 Å². The van der Waals surface area contributed by atoms with Crippen molar-refractivity contribution in [3.63, 3.8) is 0 Å². The lowest BCUT2D eigenvalue weighted by Crippen LogP contribution is -2.18. The number of rotatable bonds is 7. The highest BCUT2D eigenvalue weighted by molar-refractivity contribution is 8.00. The second-order valence-electron chi connectivity index (χ2n) is 5.23. The van der Waals surface area contributed by atoms with Crippen LogP contribution in [0.15, 0.2) is 29.2 Å². The molecule has 0 heterocycles. The summed E-state index contributed by atoms with van der Waals surface area (Å²) in [5.74, 6) is 0.687. The van der Waals surface area contributed by atoms with E-state index in [1.54, 1.807) is 11.8 Å². The van der Waals surface area contributed by atoms with Crippen LogP contribution < -0.4 is 5.32 Å². The van der Waals surface area contributed by atoms with E-state index in [2.05, 4.69) is 43.4 Å². The predicted octanol–water partition coefficient (Wildman–Crippen LogP) is 3.29. The minimum Gasteiger partial charge on any atom is -0.392 e. The Balaban J connectivity index is 2.42. The molecule has 1 aromatic rings. The number of aliphatic hydroxyl groups is 1. The first-order valence-electron chi connectivity index (χ1n) is 6.63. The van der Waals surface area contributed by atoms with Crippen molar-refractivity contribution in [3.8, 4) is 0 Å².